The molecule has 2 amide bonds. The molecule has 0 saturated carbocycles. The Hall–Kier alpha value is -2.04. The van der Waals surface area contributed by atoms with Crippen LogP contribution < -0.4 is 10.1 Å². The lowest BCUT2D eigenvalue weighted by Crippen LogP contribution is -2.40. The Bertz CT molecular complexity index is 439. The third-order valence-corrected chi connectivity index (χ3v) is 3.08. The van der Waals surface area contributed by atoms with E-state index in [-0.39, 0.29) is 24.8 Å². The van der Waals surface area contributed by atoms with Gasteiger partial charge in [0.2, 0.25) is 11.8 Å². The van der Waals surface area contributed by atoms with Gasteiger partial charge in [0.15, 0.2) is 0 Å². The fraction of sp³-hybridized carbons (Fsp3) is 0.467. The summed E-state index contributed by atoms with van der Waals surface area (Å²) < 4.78 is 5.05. The molecule has 110 valence electrons. The highest BCUT2D eigenvalue weighted by atomic mass is 16.5. The molecule has 1 aromatic rings. The van der Waals surface area contributed by atoms with Gasteiger partial charge in [0.05, 0.1) is 20.1 Å². The first-order chi connectivity index (χ1) is 9.60. The van der Waals surface area contributed by atoms with E-state index in [9.17, 15) is 9.59 Å². The fourth-order valence-corrected chi connectivity index (χ4v) is 1.85. The van der Waals surface area contributed by atoms with Crippen LogP contribution in [0.5, 0.6) is 5.75 Å². The number of hydrogen-bond acceptors (Lipinski definition) is 3. The molecule has 0 bridgehead atoms. The molecule has 1 N–H and O–H groups in total. The summed E-state index contributed by atoms with van der Waals surface area (Å²) in [7, 11) is 1.60. The zero-order valence-electron chi connectivity index (χ0n) is 12.3. The third-order valence-electron chi connectivity index (χ3n) is 3.08. The van der Waals surface area contributed by atoms with Gasteiger partial charge in [0.25, 0.3) is 0 Å². The number of benzene rings is 1. The normalized spacial score (nSPS) is 9.95. The monoisotopic (exact) mass is 278 g/mol. The standard InChI is InChI=1S/C15H22N2O3/c1-4-17(5-2)15(19)11-16-14(18)10-12-6-8-13(20-3)9-7-12/h6-9H,4-5,10-11H2,1-3H3,(H,16,18). The first-order valence-electron chi connectivity index (χ1n) is 6.78. The van der Waals surface area contributed by atoms with E-state index in [2.05, 4.69) is 5.32 Å². The van der Waals surface area contributed by atoms with Crippen molar-refractivity contribution in [3.63, 3.8) is 0 Å². The molecule has 0 heterocycles. The van der Waals surface area contributed by atoms with Crippen LogP contribution in [-0.2, 0) is 16.0 Å². The number of carbonyl (C=O) groups is 2. The molecule has 5 heteroatoms. The quantitative estimate of drug-likeness (QED) is 0.816. The van der Waals surface area contributed by atoms with Crippen LogP contribution in [0.2, 0.25) is 0 Å². The summed E-state index contributed by atoms with van der Waals surface area (Å²) in [5, 5.41) is 2.65. The molecule has 1 aromatic carbocycles. The molecular weight excluding hydrogens is 256 g/mol. The number of hydrogen-bond donors (Lipinski definition) is 1. The lowest BCUT2D eigenvalue weighted by Gasteiger charge is -2.18. The van der Waals surface area contributed by atoms with Gasteiger partial charge in [-0.3, -0.25) is 9.59 Å². The van der Waals surface area contributed by atoms with E-state index >= 15 is 0 Å². The summed E-state index contributed by atoms with van der Waals surface area (Å²) in [6.07, 6.45) is 0.259. The maximum Gasteiger partial charge on any atom is 0.241 e. The number of ether oxygens (including phenoxy) is 1. The molecule has 0 aliphatic rings. The molecular formula is C15H22N2O3. The van der Waals surface area contributed by atoms with Gasteiger partial charge in [-0.1, -0.05) is 12.1 Å². The van der Waals surface area contributed by atoms with Crippen molar-refractivity contribution in [2.75, 3.05) is 26.7 Å². The van der Waals surface area contributed by atoms with Gasteiger partial charge in [-0.15, -0.1) is 0 Å². The Morgan fingerprint density at radius 1 is 1.15 bits per heavy atom. The first kappa shape index (κ1) is 16.0. The lowest BCUT2D eigenvalue weighted by atomic mass is 10.1. The maximum absolute atomic E-state index is 11.8. The van der Waals surface area contributed by atoms with E-state index in [0.29, 0.717) is 13.1 Å². The second kappa shape index (κ2) is 8.19. The first-order valence-corrected chi connectivity index (χ1v) is 6.78. The van der Waals surface area contributed by atoms with Crippen molar-refractivity contribution < 1.29 is 14.3 Å². The van der Waals surface area contributed by atoms with E-state index in [1.165, 1.54) is 0 Å². The molecule has 0 aliphatic carbocycles. The minimum atomic E-state index is -0.157. The van der Waals surface area contributed by atoms with Crippen molar-refractivity contribution in [3.8, 4) is 5.75 Å². The largest absolute Gasteiger partial charge is 0.497 e. The molecule has 20 heavy (non-hydrogen) atoms. The topological polar surface area (TPSA) is 58.6 Å². The zero-order chi connectivity index (χ0) is 15.0. The van der Waals surface area contributed by atoms with Crippen molar-refractivity contribution >= 4 is 11.8 Å². The van der Waals surface area contributed by atoms with Crippen LogP contribution in [0.15, 0.2) is 24.3 Å². The number of amides is 2. The number of nitrogens with one attached hydrogen (secondary N) is 1. The highest BCUT2D eigenvalue weighted by Gasteiger charge is 2.11. The van der Waals surface area contributed by atoms with Crippen LogP contribution in [0.1, 0.15) is 19.4 Å². The van der Waals surface area contributed by atoms with Crippen LogP contribution in [0.25, 0.3) is 0 Å². The summed E-state index contributed by atoms with van der Waals surface area (Å²) >= 11 is 0. The summed E-state index contributed by atoms with van der Waals surface area (Å²) in [5.41, 5.74) is 0.888. The minimum absolute atomic E-state index is 0.0523. The molecule has 0 aliphatic heterocycles. The highest BCUT2D eigenvalue weighted by molar-refractivity contribution is 5.85. The Balaban J connectivity index is 2.41. The second-order valence-electron chi connectivity index (χ2n) is 4.37. The lowest BCUT2D eigenvalue weighted by molar-refractivity contribution is -0.132. The number of carbonyl (C=O) groups excluding carboxylic acids is 2. The molecule has 0 spiro atoms. The number of rotatable bonds is 7. The number of methoxy groups -OCH3 is 1. The van der Waals surface area contributed by atoms with Gasteiger partial charge >= 0.3 is 0 Å². The van der Waals surface area contributed by atoms with Crippen molar-refractivity contribution in [2.24, 2.45) is 0 Å². The van der Waals surface area contributed by atoms with Gasteiger partial charge in [-0.25, -0.2) is 0 Å². The van der Waals surface area contributed by atoms with Crippen LogP contribution in [0, 0.1) is 0 Å². The molecule has 0 fully saturated rings. The SMILES string of the molecule is CCN(CC)C(=O)CNC(=O)Cc1ccc(OC)cc1. The number of likely N-dealkylation sites (N-methyl/N-ethyl adjacent to an activating group) is 1. The summed E-state index contributed by atoms with van der Waals surface area (Å²) in [6.45, 7) is 5.20. The molecule has 5 nitrogen and oxygen atoms in total. The van der Waals surface area contributed by atoms with Gasteiger partial charge < -0.3 is 15.0 Å². The Kier molecular flexibility index (Phi) is 6.56. The van der Waals surface area contributed by atoms with Gasteiger partial charge in [0.1, 0.15) is 5.75 Å². The molecule has 0 saturated heterocycles. The summed E-state index contributed by atoms with van der Waals surface area (Å²) in [4.78, 5) is 25.2. The number of nitrogens with zero attached hydrogens (tertiary/aromatic N) is 1. The Morgan fingerprint density at radius 3 is 2.25 bits per heavy atom. The van der Waals surface area contributed by atoms with E-state index < -0.39 is 0 Å². The van der Waals surface area contributed by atoms with Gasteiger partial charge in [-0.2, -0.15) is 0 Å². The molecule has 1 rings (SSSR count). The molecule has 0 atom stereocenters. The molecule has 0 aromatic heterocycles. The predicted octanol–water partition coefficient (Wildman–Crippen LogP) is 1.22. The van der Waals surface area contributed by atoms with Crippen molar-refractivity contribution in [2.45, 2.75) is 20.3 Å². The van der Waals surface area contributed by atoms with Gasteiger partial charge in [-0.05, 0) is 31.5 Å². The van der Waals surface area contributed by atoms with E-state index in [0.717, 1.165) is 11.3 Å². The van der Waals surface area contributed by atoms with Crippen molar-refractivity contribution in [1.82, 2.24) is 10.2 Å². The summed E-state index contributed by atoms with van der Waals surface area (Å²) in [5.74, 6) is 0.541. The smallest absolute Gasteiger partial charge is 0.241 e. The summed E-state index contributed by atoms with van der Waals surface area (Å²) in [6, 6.07) is 7.29. The average Bonchev–Trinajstić information content (AvgIpc) is 2.47. The van der Waals surface area contributed by atoms with Crippen molar-refractivity contribution in [3.05, 3.63) is 29.8 Å². The van der Waals surface area contributed by atoms with Crippen LogP contribution in [-0.4, -0.2) is 43.5 Å². The van der Waals surface area contributed by atoms with Crippen molar-refractivity contribution in [1.29, 1.82) is 0 Å². The second-order valence-corrected chi connectivity index (χ2v) is 4.37. The van der Waals surface area contributed by atoms with Gasteiger partial charge in [0, 0.05) is 13.1 Å². The van der Waals surface area contributed by atoms with Crippen LogP contribution in [0.4, 0.5) is 0 Å². The third kappa shape index (κ3) is 4.91. The predicted molar refractivity (Wildman–Crippen MR) is 77.6 cm³/mol. The fourth-order valence-electron chi connectivity index (χ4n) is 1.85. The minimum Gasteiger partial charge on any atom is -0.497 e. The van der Waals surface area contributed by atoms with Crippen LogP contribution in [0.3, 0.4) is 0 Å². The molecule has 0 radical (unpaired) electrons. The van der Waals surface area contributed by atoms with E-state index in [4.69, 9.17) is 4.74 Å². The Labute approximate surface area is 119 Å². The van der Waals surface area contributed by atoms with E-state index in [1.807, 2.05) is 38.1 Å². The maximum atomic E-state index is 11.8. The van der Waals surface area contributed by atoms with Crippen LogP contribution >= 0.6 is 0 Å². The molecule has 0 unspecified atom stereocenters. The van der Waals surface area contributed by atoms with E-state index in [1.54, 1.807) is 12.0 Å². The Morgan fingerprint density at radius 2 is 1.75 bits per heavy atom. The highest BCUT2D eigenvalue weighted by Crippen LogP contribution is 2.11. The zero-order valence-corrected chi connectivity index (χ0v) is 12.3. The average molecular weight is 278 g/mol.